The first-order chi connectivity index (χ1) is 17.8. The number of carbonyl (C=O) groups excluding carboxylic acids is 3. The molecule has 2 aromatic rings. The monoisotopic (exact) mass is 515 g/mol. The molecule has 0 heterocycles. The van der Waals surface area contributed by atoms with Crippen LogP contribution in [-0.2, 0) is 14.3 Å². The van der Waals surface area contributed by atoms with Crippen LogP contribution in [0.3, 0.4) is 0 Å². The fraction of sp³-hybridized carbons (Fsp3) is 0.387. The Balaban J connectivity index is 2.52. The number of nitrogens with one attached hydrogen (secondary N) is 2. The van der Waals surface area contributed by atoms with E-state index in [4.69, 9.17) is 17.6 Å². The third-order valence-corrected chi connectivity index (χ3v) is 5.70. The number of amides is 3. The average molecular weight is 516 g/mol. The van der Waals surface area contributed by atoms with Crippen LogP contribution in [0.25, 0.3) is 0 Å². The molecule has 2 rings (SSSR count). The lowest BCUT2D eigenvalue weighted by Gasteiger charge is -2.31. The van der Waals surface area contributed by atoms with Crippen molar-refractivity contribution in [2.75, 3.05) is 5.32 Å². The van der Waals surface area contributed by atoms with Crippen LogP contribution in [-0.4, -0.2) is 34.5 Å². The third-order valence-electron chi connectivity index (χ3n) is 5.70. The van der Waals surface area contributed by atoms with E-state index in [1.54, 1.807) is 45.0 Å². The highest BCUT2D eigenvalue weighted by atomic mass is 16.6. The Hall–Kier alpha value is -4.23. The fourth-order valence-electron chi connectivity index (χ4n) is 3.96. The number of para-hydroxylation sites is 1. The van der Waals surface area contributed by atoms with Gasteiger partial charge < -0.3 is 15.4 Å². The fourth-order valence-corrected chi connectivity index (χ4v) is 3.96. The van der Waals surface area contributed by atoms with Crippen LogP contribution in [0.4, 0.5) is 10.5 Å². The van der Waals surface area contributed by atoms with Crippen LogP contribution in [0, 0.1) is 44.6 Å². The third kappa shape index (κ3) is 8.15. The van der Waals surface area contributed by atoms with Crippen molar-refractivity contribution >= 4 is 23.6 Å². The van der Waals surface area contributed by atoms with E-state index in [-0.39, 0.29) is 12.3 Å². The smallest absolute Gasteiger partial charge is 0.408 e. The Morgan fingerprint density at radius 1 is 1.00 bits per heavy atom. The van der Waals surface area contributed by atoms with Gasteiger partial charge in [0.15, 0.2) is 0 Å². The van der Waals surface area contributed by atoms with Gasteiger partial charge in [-0.05, 0) is 75.8 Å². The molecule has 2 atom stereocenters. The lowest BCUT2D eigenvalue weighted by Crippen LogP contribution is -2.51. The van der Waals surface area contributed by atoms with E-state index in [2.05, 4.69) is 22.6 Å². The summed E-state index contributed by atoms with van der Waals surface area (Å²) in [5.74, 6) is 1.48. The lowest BCUT2D eigenvalue weighted by atomic mass is 9.98. The summed E-state index contributed by atoms with van der Waals surface area (Å²) in [6.45, 7) is 12.8. The predicted molar refractivity (Wildman–Crippen MR) is 150 cm³/mol. The van der Waals surface area contributed by atoms with Crippen molar-refractivity contribution < 1.29 is 19.1 Å². The van der Waals surface area contributed by atoms with Gasteiger partial charge in [0.25, 0.3) is 11.8 Å². The van der Waals surface area contributed by atoms with E-state index in [1.165, 1.54) is 0 Å². The minimum absolute atomic E-state index is 0.0373. The molecule has 0 aliphatic carbocycles. The molecule has 0 radical (unpaired) electrons. The van der Waals surface area contributed by atoms with Gasteiger partial charge in [0.1, 0.15) is 17.7 Å². The number of anilines is 1. The van der Waals surface area contributed by atoms with Crippen molar-refractivity contribution in [3.05, 3.63) is 64.7 Å². The van der Waals surface area contributed by atoms with E-state index in [0.717, 1.165) is 16.0 Å². The molecule has 0 saturated heterocycles. The molecule has 200 valence electrons. The largest absolute Gasteiger partial charge is 0.444 e. The van der Waals surface area contributed by atoms with Gasteiger partial charge in [0.2, 0.25) is 0 Å². The molecule has 0 aromatic heterocycles. The number of nitrogens with zero attached hydrogens (tertiary/aromatic N) is 1. The zero-order valence-corrected chi connectivity index (χ0v) is 23.2. The maximum Gasteiger partial charge on any atom is 0.408 e. The SMILES string of the molecule is C#Cc1ccc(C(C(=O)Nc2c(C)cccc2C)N(C#C)C(=O)C(CC(C)C)NC(=O)OC(C)(C)C)cc1. The molecule has 2 unspecified atom stereocenters. The molecule has 0 bridgehead atoms. The molecule has 0 saturated carbocycles. The van der Waals surface area contributed by atoms with Crippen LogP contribution in [0.1, 0.15) is 69.3 Å². The molecule has 38 heavy (non-hydrogen) atoms. The average Bonchev–Trinajstić information content (AvgIpc) is 2.82. The summed E-state index contributed by atoms with van der Waals surface area (Å²) in [5, 5.41) is 5.59. The second kappa shape index (κ2) is 12.8. The molecule has 0 spiro atoms. The van der Waals surface area contributed by atoms with Crippen LogP contribution in [0.15, 0.2) is 42.5 Å². The van der Waals surface area contributed by atoms with Crippen LogP contribution in [0.5, 0.6) is 0 Å². The van der Waals surface area contributed by atoms with E-state index in [1.807, 2.05) is 45.9 Å². The number of hydrogen-bond donors (Lipinski definition) is 2. The van der Waals surface area contributed by atoms with E-state index >= 15 is 0 Å². The van der Waals surface area contributed by atoms with E-state index in [0.29, 0.717) is 16.8 Å². The summed E-state index contributed by atoms with van der Waals surface area (Å²) in [7, 11) is 0. The number of rotatable bonds is 8. The Labute approximate surface area is 226 Å². The lowest BCUT2D eigenvalue weighted by molar-refractivity contribution is -0.137. The summed E-state index contributed by atoms with van der Waals surface area (Å²) in [4.78, 5) is 41.2. The highest BCUT2D eigenvalue weighted by molar-refractivity contribution is 6.00. The number of hydrogen-bond acceptors (Lipinski definition) is 4. The Bertz CT molecular complexity index is 1220. The number of benzene rings is 2. The number of alkyl carbamates (subject to hydrolysis) is 1. The molecule has 2 aromatic carbocycles. The molecular formula is C31H37N3O4. The molecule has 3 amide bonds. The van der Waals surface area contributed by atoms with Crippen LogP contribution < -0.4 is 10.6 Å². The molecule has 0 fully saturated rings. The van der Waals surface area contributed by atoms with Gasteiger partial charge in [0.05, 0.1) is 0 Å². The standard InChI is InChI=1S/C31H37N3O4/c1-10-23-15-17-24(18-16-23)27(28(35)33-26-21(5)13-12-14-22(26)6)34(11-2)29(36)25(19-20(3)4)32-30(37)38-31(7,8)9/h1-2,12-18,20,25,27H,19H2,3-9H3,(H,32,37)(H,33,35). The first-order valence-corrected chi connectivity index (χ1v) is 12.5. The summed E-state index contributed by atoms with van der Waals surface area (Å²) in [5.41, 5.74) is 2.70. The van der Waals surface area contributed by atoms with Crippen molar-refractivity contribution in [3.63, 3.8) is 0 Å². The van der Waals surface area contributed by atoms with Gasteiger partial charge in [-0.15, -0.1) is 6.42 Å². The van der Waals surface area contributed by atoms with Crippen molar-refractivity contribution in [1.29, 1.82) is 0 Å². The van der Waals surface area contributed by atoms with Gasteiger partial charge in [-0.3, -0.25) is 14.5 Å². The summed E-state index contributed by atoms with van der Waals surface area (Å²) < 4.78 is 5.37. The number of aryl methyl sites for hydroxylation is 2. The van der Waals surface area contributed by atoms with Crippen molar-refractivity contribution in [2.24, 2.45) is 5.92 Å². The highest BCUT2D eigenvalue weighted by Gasteiger charge is 2.36. The zero-order chi connectivity index (χ0) is 28.6. The molecule has 7 heteroatoms. The minimum Gasteiger partial charge on any atom is -0.444 e. The van der Waals surface area contributed by atoms with E-state index in [9.17, 15) is 14.4 Å². The summed E-state index contributed by atoms with van der Waals surface area (Å²) in [6.07, 6.45) is 10.9. The zero-order valence-electron chi connectivity index (χ0n) is 23.2. The van der Waals surface area contributed by atoms with E-state index < -0.39 is 35.6 Å². The Morgan fingerprint density at radius 3 is 2.05 bits per heavy atom. The van der Waals surface area contributed by atoms with Gasteiger partial charge in [-0.1, -0.05) is 56.5 Å². The second-order valence-corrected chi connectivity index (χ2v) is 10.6. The normalized spacial score (nSPS) is 12.5. The number of terminal acetylenes is 2. The first-order valence-electron chi connectivity index (χ1n) is 12.5. The maximum atomic E-state index is 13.8. The summed E-state index contributed by atoms with van der Waals surface area (Å²) >= 11 is 0. The maximum absolute atomic E-state index is 13.8. The van der Waals surface area contributed by atoms with Gasteiger partial charge in [-0.2, -0.15) is 0 Å². The van der Waals surface area contributed by atoms with Crippen LogP contribution >= 0.6 is 0 Å². The second-order valence-electron chi connectivity index (χ2n) is 10.6. The molecular weight excluding hydrogens is 478 g/mol. The molecule has 2 N–H and O–H groups in total. The topological polar surface area (TPSA) is 87.7 Å². The van der Waals surface area contributed by atoms with Crippen molar-refractivity contribution in [2.45, 2.75) is 72.6 Å². The highest BCUT2D eigenvalue weighted by Crippen LogP contribution is 2.27. The summed E-state index contributed by atoms with van der Waals surface area (Å²) in [6, 6.07) is 12.5. The molecule has 0 aliphatic rings. The van der Waals surface area contributed by atoms with Crippen molar-refractivity contribution in [3.8, 4) is 24.8 Å². The Kier molecular flexibility index (Phi) is 10.1. The number of carbonyl (C=O) groups is 3. The minimum atomic E-state index is -1.19. The Morgan fingerprint density at radius 2 is 1.58 bits per heavy atom. The molecule has 0 aliphatic heterocycles. The van der Waals surface area contributed by atoms with Crippen LogP contribution in [0.2, 0.25) is 0 Å². The van der Waals surface area contributed by atoms with Gasteiger partial charge in [0, 0.05) is 17.3 Å². The first kappa shape index (κ1) is 30.0. The molecule has 7 nitrogen and oxygen atoms in total. The number of ether oxygens (including phenoxy) is 1. The van der Waals surface area contributed by atoms with Gasteiger partial charge >= 0.3 is 6.09 Å². The van der Waals surface area contributed by atoms with Gasteiger partial charge in [-0.25, -0.2) is 4.79 Å². The van der Waals surface area contributed by atoms with Crippen molar-refractivity contribution in [1.82, 2.24) is 10.2 Å². The quantitative estimate of drug-likeness (QED) is 0.368. The predicted octanol–water partition coefficient (Wildman–Crippen LogP) is 5.32.